The van der Waals surface area contributed by atoms with Gasteiger partial charge in [0.15, 0.2) is 0 Å². The van der Waals surface area contributed by atoms with Gasteiger partial charge in [-0.3, -0.25) is 9.48 Å². The van der Waals surface area contributed by atoms with Crippen molar-refractivity contribution >= 4 is 5.84 Å². The standard InChI is InChI=1S/C13H25N2/c1-13(2,3)15-11-7-10-14-9-6-4-5-8-12(14)15/h4-11H2,1-3H3/q+1. The molecule has 0 aromatic carbocycles. The summed E-state index contributed by atoms with van der Waals surface area (Å²) in [5.74, 6) is 1.63. The summed E-state index contributed by atoms with van der Waals surface area (Å²) in [6.45, 7) is 10.9. The van der Waals surface area contributed by atoms with E-state index in [1.807, 2.05) is 0 Å². The molecule has 0 bridgehead atoms. The lowest BCUT2D eigenvalue weighted by Gasteiger charge is -2.32. The van der Waals surface area contributed by atoms with Gasteiger partial charge in [-0.15, -0.1) is 0 Å². The zero-order valence-corrected chi connectivity index (χ0v) is 10.6. The maximum Gasteiger partial charge on any atom is 0.247 e. The molecule has 2 nitrogen and oxygen atoms in total. The second-order valence-electron chi connectivity index (χ2n) is 5.89. The lowest BCUT2D eigenvalue weighted by atomic mass is 10.1. The SMILES string of the molecule is CC(C)(C)[N+]1=C2CCCCCN2CCC1. The van der Waals surface area contributed by atoms with Gasteiger partial charge in [-0.2, -0.15) is 0 Å². The highest BCUT2D eigenvalue weighted by molar-refractivity contribution is 5.78. The first-order valence-electron chi connectivity index (χ1n) is 6.47. The Morgan fingerprint density at radius 1 is 1.00 bits per heavy atom. The Hall–Kier alpha value is -0.530. The number of nitrogens with zero attached hydrogens (tertiary/aromatic N) is 2. The molecule has 0 aliphatic carbocycles. The average Bonchev–Trinajstić information content (AvgIpc) is 2.39. The smallest absolute Gasteiger partial charge is 0.247 e. The van der Waals surface area contributed by atoms with Crippen LogP contribution in [0.4, 0.5) is 0 Å². The van der Waals surface area contributed by atoms with Crippen LogP contribution in [0.2, 0.25) is 0 Å². The van der Waals surface area contributed by atoms with Crippen molar-refractivity contribution in [3.63, 3.8) is 0 Å². The molecule has 2 heteroatoms. The van der Waals surface area contributed by atoms with Crippen LogP contribution in [0.3, 0.4) is 0 Å². The lowest BCUT2D eigenvalue weighted by molar-refractivity contribution is -0.606. The summed E-state index contributed by atoms with van der Waals surface area (Å²) in [6.07, 6.45) is 6.83. The molecule has 0 spiro atoms. The van der Waals surface area contributed by atoms with E-state index in [9.17, 15) is 0 Å². The molecule has 15 heavy (non-hydrogen) atoms. The minimum absolute atomic E-state index is 0.304. The predicted octanol–water partition coefficient (Wildman–Crippen LogP) is 2.48. The van der Waals surface area contributed by atoms with E-state index in [0.29, 0.717) is 5.54 Å². The normalized spacial score (nSPS) is 23.8. The summed E-state index contributed by atoms with van der Waals surface area (Å²) < 4.78 is 2.64. The predicted molar refractivity (Wildman–Crippen MR) is 64.5 cm³/mol. The number of hydrogen-bond acceptors (Lipinski definition) is 1. The summed E-state index contributed by atoms with van der Waals surface area (Å²) >= 11 is 0. The van der Waals surface area contributed by atoms with Gasteiger partial charge in [0.1, 0.15) is 0 Å². The molecule has 0 aromatic heterocycles. The van der Waals surface area contributed by atoms with E-state index in [1.165, 1.54) is 51.7 Å². The molecule has 2 aliphatic rings. The van der Waals surface area contributed by atoms with Crippen LogP contribution >= 0.6 is 0 Å². The van der Waals surface area contributed by atoms with Crippen molar-refractivity contribution in [2.45, 2.75) is 58.4 Å². The topological polar surface area (TPSA) is 6.25 Å². The number of fused-ring (bicyclic) bond motifs is 1. The van der Waals surface area contributed by atoms with Gasteiger partial charge in [0.2, 0.25) is 5.84 Å². The Morgan fingerprint density at radius 3 is 2.47 bits per heavy atom. The van der Waals surface area contributed by atoms with E-state index in [-0.39, 0.29) is 0 Å². The van der Waals surface area contributed by atoms with Crippen molar-refractivity contribution in [1.82, 2.24) is 4.90 Å². The minimum Gasteiger partial charge on any atom is -0.266 e. The van der Waals surface area contributed by atoms with Gasteiger partial charge in [0.05, 0.1) is 25.2 Å². The number of hydrogen-bond donors (Lipinski definition) is 0. The summed E-state index contributed by atoms with van der Waals surface area (Å²) in [7, 11) is 0. The molecule has 0 radical (unpaired) electrons. The van der Waals surface area contributed by atoms with Crippen molar-refractivity contribution in [2.24, 2.45) is 0 Å². The molecule has 0 atom stereocenters. The number of amidine groups is 1. The van der Waals surface area contributed by atoms with E-state index in [1.54, 1.807) is 5.84 Å². The Bertz CT molecular complexity index is 260. The zero-order chi connectivity index (χ0) is 10.9. The fourth-order valence-electron chi connectivity index (χ4n) is 2.87. The van der Waals surface area contributed by atoms with E-state index >= 15 is 0 Å². The van der Waals surface area contributed by atoms with Gasteiger partial charge in [-0.1, -0.05) is 0 Å². The summed E-state index contributed by atoms with van der Waals surface area (Å²) in [6, 6.07) is 0. The molecule has 1 saturated heterocycles. The van der Waals surface area contributed by atoms with Gasteiger partial charge in [0, 0.05) is 12.8 Å². The van der Waals surface area contributed by atoms with Gasteiger partial charge in [-0.25, -0.2) is 0 Å². The van der Waals surface area contributed by atoms with Crippen LogP contribution in [0.5, 0.6) is 0 Å². The van der Waals surface area contributed by atoms with Gasteiger partial charge >= 0.3 is 0 Å². The van der Waals surface area contributed by atoms with Crippen LogP contribution in [0.25, 0.3) is 0 Å². The molecule has 86 valence electrons. The van der Waals surface area contributed by atoms with E-state index in [0.717, 1.165) is 0 Å². The molecule has 0 unspecified atom stereocenters. The second kappa shape index (κ2) is 4.15. The van der Waals surface area contributed by atoms with Crippen molar-refractivity contribution in [3.8, 4) is 0 Å². The van der Waals surface area contributed by atoms with Crippen LogP contribution in [0, 0.1) is 0 Å². The van der Waals surface area contributed by atoms with Crippen LogP contribution < -0.4 is 0 Å². The Kier molecular flexibility index (Phi) is 3.03. The average molecular weight is 209 g/mol. The Morgan fingerprint density at radius 2 is 1.73 bits per heavy atom. The molecular weight excluding hydrogens is 184 g/mol. The maximum absolute atomic E-state index is 2.64. The third kappa shape index (κ3) is 2.35. The van der Waals surface area contributed by atoms with Crippen molar-refractivity contribution < 1.29 is 4.58 Å². The third-order valence-corrected chi connectivity index (χ3v) is 3.62. The minimum atomic E-state index is 0.304. The van der Waals surface area contributed by atoms with Crippen molar-refractivity contribution in [3.05, 3.63) is 0 Å². The van der Waals surface area contributed by atoms with Crippen LogP contribution in [-0.2, 0) is 0 Å². The molecule has 2 rings (SSSR count). The van der Waals surface area contributed by atoms with E-state index in [4.69, 9.17) is 0 Å². The van der Waals surface area contributed by atoms with E-state index in [2.05, 4.69) is 30.2 Å². The maximum atomic E-state index is 2.64. The van der Waals surface area contributed by atoms with Gasteiger partial charge in [-0.05, 0) is 40.0 Å². The monoisotopic (exact) mass is 209 g/mol. The van der Waals surface area contributed by atoms with Crippen molar-refractivity contribution in [2.75, 3.05) is 19.6 Å². The third-order valence-electron chi connectivity index (χ3n) is 3.62. The molecule has 0 saturated carbocycles. The highest BCUT2D eigenvalue weighted by atomic mass is 15.3. The first-order chi connectivity index (χ1) is 7.09. The van der Waals surface area contributed by atoms with Gasteiger partial charge < -0.3 is 0 Å². The fraction of sp³-hybridized carbons (Fsp3) is 0.923. The van der Waals surface area contributed by atoms with Gasteiger partial charge in [0.25, 0.3) is 0 Å². The summed E-state index contributed by atoms with van der Waals surface area (Å²) in [5.41, 5.74) is 0.304. The Labute approximate surface area is 94.0 Å². The molecule has 1 fully saturated rings. The first-order valence-corrected chi connectivity index (χ1v) is 6.47. The van der Waals surface area contributed by atoms with E-state index < -0.39 is 0 Å². The fourth-order valence-corrected chi connectivity index (χ4v) is 2.87. The Balaban J connectivity index is 2.30. The highest BCUT2D eigenvalue weighted by Gasteiger charge is 2.33. The largest absolute Gasteiger partial charge is 0.266 e. The quantitative estimate of drug-likeness (QED) is 0.556. The molecule has 0 N–H and O–H groups in total. The van der Waals surface area contributed by atoms with Crippen LogP contribution in [0.15, 0.2) is 0 Å². The zero-order valence-electron chi connectivity index (χ0n) is 10.6. The van der Waals surface area contributed by atoms with Crippen LogP contribution in [0.1, 0.15) is 52.9 Å². The molecule has 0 amide bonds. The summed E-state index contributed by atoms with van der Waals surface area (Å²) in [5, 5.41) is 0. The number of rotatable bonds is 0. The van der Waals surface area contributed by atoms with Crippen molar-refractivity contribution in [1.29, 1.82) is 0 Å². The molecule has 2 heterocycles. The molecular formula is C13H25N2+. The summed E-state index contributed by atoms with van der Waals surface area (Å²) in [4.78, 5) is 2.64. The van der Waals surface area contributed by atoms with Crippen LogP contribution in [-0.4, -0.2) is 40.5 Å². The second-order valence-corrected chi connectivity index (χ2v) is 5.89. The first kappa shape index (κ1) is 11.0. The molecule has 2 aliphatic heterocycles. The lowest BCUT2D eigenvalue weighted by Crippen LogP contribution is -2.50. The molecule has 0 aromatic rings. The highest BCUT2D eigenvalue weighted by Crippen LogP contribution is 2.20.